The van der Waals surface area contributed by atoms with Gasteiger partial charge in [0.2, 0.25) is 5.91 Å². The van der Waals surface area contributed by atoms with Gasteiger partial charge in [-0.1, -0.05) is 30.0 Å². The maximum absolute atomic E-state index is 12.8. The predicted molar refractivity (Wildman–Crippen MR) is 95.0 cm³/mol. The number of furan rings is 1. The molecule has 0 bridgehead atoms. The molecule has 0 saturated heterocycles. The summed E-state index contributed by atoms with van der Waals surface area (Å²) >= 11 is 1.45. The second-order valence-corrected chi connectivity index (χ2v) is 6.12. The van der Waals surface area contributed by atoms with E-state index in [2.05, 4.69) is 11.9 Å². The van der Waals surface area contributed by atoms with Crippen molar-refractivity contribution in [1.82, 2.24) is 9.55 Å². The van der Waals surface area contributed by atoms with Crippen molar-refractivity contribution >= 4 is 23.4 Å². The highest BCUT2D eigenvalue weighted by atomic mass is 32.2. The Morgan fingerprint density at radius 1 is 1.25 bits per heavy atom. The maximum Gasteiger partial charge on any atom is 0.237 e. The van der Waals surface area contributed by atoms with Gasteiger partial charge in [-0.2, -0.15) is 0 Å². The molecule has 124 valence electrons. The molecule has 0 saturated carbocycles. The molecule has 0 atom stereocenters. The van der Waals surface area contributed by atoms with E-state index in [1.807, 2.05) is 53.2 Å². The fraction of sp³-hybridized carbons (Fsp3) is 0.222. The fourth-order valence-electron chi connectivity index (χ4n) is 2.37. The lowest BCUT2D eigenvalue weighted by Gasteiger charge is -2.21. The highest BCUT2D eigenvalue weighted by Crippen LogP contribution is 2.21. The zero-order valence-corrected chi connectivity index (χ0v) is 14.3. The van der Waals surface area contributed by atoms with Gasteiger partial charge >= 0.3 is 0 Å². The number of imidazole rings is 1. The molecule has 24 heavy (non-hydrogen) atoms. The molecule has 0 unspecified atom stereocenters. The van der Waals surface area contributed by atoms with E-state index in [4.69, 9.17) is 4.42 Å². The van der Waals surface area contributed by atoms with Crippen LogP contribution < -0.4 is 4.90 Å². The molecule has 0 aliphatic carbocycles. The third-order valence-electron chi connectivity index (χ3n) is 3.61. The van der Waals surface area contributed by atoms with Gasteiger partial charge in [0.25, 0.3) is 0 Å². The van der Waals surface area contributed by atoms with Gasteiger partial charge in [-0.3, -0.25) is 4.79 Å². The second kappa shape index (κ2) is 7.88. The molecule has 0 N–H and O–H groups in total. The van der Waals surface area contributed by atoms with E-state index in [-0.39, 0.29) is 5.91 Å². The largest absolute Gasteiger partial charge is 0.467 e. The Kier molecular flexibility index (Phi) is 5.38. The minimum atomic E-state index is 0.0215. The molecule has 2 heterocycles. The number of nitrogens with zero attached hydrogens (tertiary/aromatic N) is 3. The van der Waals surface area contributed by atoms with E-state index in [0.29, 0.717) is 12.3 Å². The van der Waals surface area contributed by atoms with Crippen molar-refractivity contribution in [1.29, 1.82) is 0 Å². The summed E-state index contributed by atoms with van der Waals surface area (Å²) in [7, 11) is 0. The number of anilines is 1. The molecule has 1 amide bonds. The van der Waals surface area contributed by atoms with Crippen molar-refractivity contribution in [3.63, 3.8) is 0 Å². The number of carbonyl (C=O) groups is 1. The zero-order valence-electron chi connectivity index (χ0n) is 13.5. The Morgan fingerprint density at radius 2 is 2.08 bits per heavy atom. The molecule has 2 aromatic heterocycles. The van der Waals surface area contributed by atoms with Crippen LogP contribution in [-0.2, 0) is 17.9 Å². The van der Waals surface area contributed by atoms with Crippen LogP contribution in [0.3, 0.4) is 0 Å². The summed E-state index contributed by atoms with van der Waals surface area (Å²) in [6, 6.07) is 13.3. The van der Waals surface area contributed by atoms with Crippen LogP contribution in [0.15, 0.2) is 70.7 Å². The first-order valence-electron chi connectivity index (χ1n) is 7.79. The molecule has 1 aromatic carbocycles. The second-order valence-electron chi connectivity index (χ2n) is 5.18. The summed E-state index contributed by atoms with van der Waals surface area (Å²) in [6.07, 6.45) is 5.30. The molecular weight excluding hydrogens is 322 g/mol. The van der Waals surface area contributed by atoms with E-state index in [0.717, 1.165) is 23.1 Å². The van der Waals surface area contributed by atoms with Crippen molar-refractivity contribution in [2.75, 3.05) is 10.7 Å². The Hall–Kier alpha value is -2.47. The minimum Gasteiger partial charge on any atom is -0.467 e. The highest BCUT2D eigenvalue weighted by Gasteiger charge is 2.18. The third-order valence-corrected chi connectivity index (χ3v) is 4.60. The van der Waals surface area contributed by atoms with E-state index >= 15 is 0 Å². The van der Waals surface area contributed by atoms with Crippen LogP contribution in [0.25, 0.3) is 0 Å². The number of carbonyl (C=O) groups excluding carboxylic acids is 1. The number of benzene rings is 1. The average molecular weight is 341 g/mol. The van der Waals surface area contributed by atoms with E-state index in [1.165, 1.54) is 11.8 Å². The van der Waals surface area contributed by atoms with Gasteiger partial charge in [0.1, 0.15) is 5.76 Å². The maximum atomic E-state index is 12.8. The first-order chi connectivity index (χ1) is 11.8. The molecule has 0 fully saturated rings. The summed E-state index contributed by atoms with van der Waals surface area (Å²) in [5.74, 6) is 1.10. The predicted octanol–water partition coefficient (Wildman–Crippen LogP) is 3.82. The number of amides is 1. The Labute approximate surface area is 145 Å². The van der Waals surface area contributed by atoms with E-state index in [9.17, 15) is 4.79 Å². The van der Waals surface area contributed by atoms with Gasteiger partial charge in [-0.15, -0.1) is 0 Å². The summed E-state index contributed by atoms with van der Waals surface area (Å²) in [5.41, 5.74) is 0.860. The number of para-hydroxylation sites is 1. The van der Waals surface area contributed by atoms with Crippen LogP contribution in [0.5, 0.6) is 0 Å². The van der Waals surface area contributed by atoms with Crippen LogP contribution in [-0.4, -0.2) is 21.2 Å². The highest BCUT2D eigenvalue weighted by molar-refractivity contribution is 7.99. The van der Waals surface area contributed by atoms with Gasteiger partial charge in [0.05, 0.1) is 18.6 Å². The lowest BCUT2D eigenvalue weighted by molar-refractivity contribution is -0.116. The van der Waals surface area contributed by atoms with E-state index in [1.54, 1.807) is 17.4 Å². The summed E-state index contributed by atoms with van der Waals surface area (Å²) in [5, 5.41) is 0.858. The molecule has 5 nitrogen and oxygen atoms in total. The first-order valence-corrected chi connectivity index (χ1v) is 8.78. The summed E-state index contributed by atoms with van der Waals surface area (Å²) in [4.78, 5) is 18.8. The molecule has 0 aliphatic heterocycles. The van der Waals surface area contributed by atoms with Crippen LogP contribution in [0.4, 0.5) is 5.69 Å². The topological polar surface area (TPSA) is 51.3 Å². The zero-order chi connectivity index (χ0) is 16.8. The Bertz CT molecular complexity index is 769. The normalized spacial score (nSPS) is 10.7. The fourth-order valence-corrected chi connectivity index (χ4v) is 3.27. The SMILES string of the molecule is CCn1ccnc1SCC(=O)N(Cc1ccco1)c1ccccc1. The molecule has 0 aliphatic rings. The quantitative estimate of drug-likeness (QED) is 0.613. The van der Waals surface area contributed by atoms with Crippen LogP contribution in [0, 0.1) is 0 Å². The third kappa shape index (κ3) is 3.89. The van der Waals surface area contributed by atoms with Crippen LogP contribution in [0.1, 0.15) is 12.7 Å². The lowest BCUT2D eigenvalue weighted by Crippen LogP contribution is -2.31. The van der Waals surface area contributed by atoms with Gasteiger partial charge in [0, 0.05) is 24.6 Å². The number of rotatable bonds is 7. The van der Waals surface area contributed by atoms with Crippen LogP contribution >= 0.6 is 11.8 Å². The van der Waals surface area contributed by atoms with E-state index < -0.39 is 0 Å². The molecule has 3 aromatic rings. The van der Waals surface area contributed by atoms with Gasteiger partial charge < -0.3 is 13.9 Å². The number of hydrogen-bond acceptors (Lipinski definition) is 4. The Morgan fingerprint density at radius 3 is 2.79 bits per heavy atom. The van der Waals surface area contributed by atoms with Crippen molar-refractivity contribution in [3.8, 4) is 0 Å². The van der Waals surface area contributed by atoms with Gasteiger partial charge in [-0.05, 0) is 31.2 Å². The standard InChI is InChI=1S/C18H19N3O2S/c1-2-20-11-10-19-18(20)24-14-17(22)21(13-16-9-6-12-23-16)15-7-4-3-5-8-15/h3-12H,2,13-14H2,1H3. The molecule has 6 heteroatoms. The number of thioether (sulfide) groups is 1. The van der Waals surface area contributed by atoms with Crippen molar-refractivity contribution in [3.05, 3.63) is 66.9 Å². The Balaban J connectivity index is 1.73. The number of hydrogen-bond donors (Lipinski definition) is 0. The summed E-state index contributed by atoms with van der Waals surface area (Å²) < 4.78 is 7.43. The number of aromatic nitrogens is 2. The number of aryl methyl sites for hydroxylation is 1. The van der Waals surface area contributed by atoms with Crippen LogP contribution in [0.2, 0.25) is 0 Å². The van der Waals surface area contributed by atoms with Gasteiger partial charge in [0.15, 0.2) is 5.16 Å². The molecule has 3 rings (SSSR count). The molecular formula is C18H19N3O2S. The van der Waals surface area contributed by atoms with Crippen molar-refractivity contribution in [2.24, 2.45) is 0 Å². The smallest absolute Gasteiger partial charge is 0.237 e. The first kappa shape index (κ1) is 16.4. The molecule has 0 spiro atoms. The van der Waals surface area contributed by atoms with Crippen molar-refractivity contribution in [2.45, 2.75) is 25.2 Å². The monoisotopic (exact) mass is 341 g/mol. The van der Waals surface area contributed by atoms with Gasteiger partial charge in [-0.25, -0.2) is 4.98 Å². The molecule has 0 radical (unpaired) electrons. The average Bonchev–Trinajstić information content (AvgIpc) is 3.29. The minimum absolute atomic E-state index is 0.0215. The lowest BCUT2D eigenvalue weighted by atomic mass is 10.2. The summed E-state index contributed by atoms with van der Waals surface area (Å²) in [6.45, 7) is 3.31. The van der Waals surface area contributed by atoms with Crippen molar-refractivity contribution < 1.29 is 9.21 Å².